The number of carbonyl (C=O) groups is 2. The van der Waals surface area contributed by atoms with Crippen molar-refractivity contribution >= 4 is 17.7 Å². The van der Waals surface area contributed by atoms with E-state index >= 15 is 0 Å². The Morgan fingerprint density at radius 3 is 2.39 bits per heavy atom. The highest BCUT2D eigenvalue weighted by Gasteiger charge is 2.20. The van der Waals surface area contributed by atoms with Gasteiger partial charge < -0.3 is 28.8 Å². The van der Waals surface area contributed by atoms with Crippen LogP contribution in [-0.4, -0.2) is 56.3 Å². The van der Waals surface area contributed by atoms with E-state index in [-0.39, 0.29) is 19.1 Å². The largest absolute Gasteiger partial charge is 0.497 e. The molecule has 1 amide bonds. The Bertz CT molecular complexity index is 930. The Hall–Kier alpha value is -3.46. The summed E-state index contributed by atoms with van der Waals surface area (Å²) in [6, 6.07) is 12.1. The van der Waals surface area contributed by atoms with Crippen LogP contribution in [-0.2, 0) is 20.7 Å². The molecule has 0 bridgehead atoms. The molecule has 0 heterocycles. The summed E-state index contributed by atoms with van der Waals surface area (Å²) in [5.74, 6) is 0.555. The van der Waals surface area contributed by atoms with Gasteiger partial charge >= 0.3 is 12.1 Å². The van der Waals surface area contributed by atoms with E-state index in [2.05, 4.69) is 5.32 Å². The fourth-order valence-corrected chi connectivity index (χ4v) is 2.99. The Kier molecular flexibility index (Phi) is 9.81. The number of hydrogen-bond donors (Lipinski definition) is 2. The standard InChI is InChI=1S/C24H31NO8/c1-15(2)32-22(23(26)27)12-17-7-6-8-19(11-17)33-16(3)14-31-24(28)25-20-10-9-18(29-4)13-21(20)30-5/h6-11,13,15-16,22H,12,14H2,1-5H3,(H,25,28)(H,26,27). The van der Waals surface area contributed by atoms with Crippen LogP contribution >= 0.6 is 0 Å². The number of amides is 1. The van der Waals surface area contributed by atoms with Gasteiger partial charge in [-0.15, -0.1) is 0 Å². The van der Waals surface area contributed by atoms with Crippen LogP contribution < -0.4 is 19.5 Å². The van der Waals surface area contributed by atoms with Crippen molar-refractivity contribution in [2.75, 3.05) is 26.1 Å². The van der Waals surface area contributed by atoms with Crippen molar-refractivity contribution in [1.29, 1.82) is 0 Å². The highest BCUT2D eigenvalue weighted by atomic mass is 16.6. The summed E-state index contributed by atoms with van der Waals surface area (Å²) in [5, 5.41) is 12.0. The minimum Gasteiger partial charge on any atom is -0.497 e. The van der Waals surface area contributed by atoms with Gasteiger partial charge in [-0.25, -0.2) is 9.59 Å². The number of rotatable bonds is 12. The second kappa shape index (κ2) is 12.5. The first-order chi connectivity index (χ1) is 15.7. The zero-order valence-corrected chi connectivity index (χ0v) is 19.5. The molecule has 0 fully saturated rings. The lowest BCUT2D eigenvalue weighted by molar-refractivity contribution is -0.153. The number of aliphatic carboxylic acids is 1. The van der Waals surface area contributed by atoms with Crippen LogP contribution in [0.25, 0.3) is 0 Å². The molecule has 33 heavy (non-hydrogen) atoms. The Morgan fingerprint density at radius 1 is 1.00 bits per heavy atom. The number of ether oxygens (including phenoxy) is 5. The van der Waals surface area contributed by atoms with Crippen molar-refractivity contribution in [2.24, 2.45) is 0 Å². The highest BCUT2D eigenvalue weighted by molar-refractivity contribution is 5.87. The lowest BCUT2D eigenvalue weighted by atomic mass is 10.1. The van der Waals surface area contributed by atoms with Crippen molar-refractivity contribution < 1.29 is 38.4 Å². The average Bonchev–Trinajstić information content (AvgIpc) is 2.77. The lowest BCUT2D eigenvalue weighted by Gasteiger charge is -2.18. The van der Waals surface area contributed by atoms with E-state index in [0.29, 0.717) is 22.9 Å². The number of hydrogen-bond acceptors (Lipinski definition) is 7. The Morgan fingerprint density at radius 2 is 1.76 bits per heavy atom. The van der Waals surface area contributed by atoms with Crippen molar-refractivity contribution in [3.05, 3.63) is 48.0 Å². The maximum absolute atomic E-state index is 12.2. The number of carboxylic acid groups (broad SMARTS) is 1. The molecule has 2 aromatic rings. The van der Waals surface area contributed by atoms with Gasteiger partial charge in [0.15, 0.2) is 6.10 Å². The normalized spacial score (nSPS) is 12.5. The molecule has 0 spiro atoms. The van der Waals surface area contributed by atoms with Gasteiger partial charge in [-0.2, -0.15) is 0 Å². The third-order valence-electron chi connectivity index (χ3n) is 4.46. The third-order valence-corrected chi connectivity index (χ3v) is 4.46. The topological polar surface area (TPSA) is 113 Å². The van der Waals surface area contributed by atoms with Gasteiger partial charge in [0.1, 0.15) is 30.0 Å². The van der Waals surface area contributed by atoms with Gasteiger partial charge in [0.05, 0.1) is 26.0 Å². The number of nitrogens with one attached hydrogen (secondary N) is 1. The predicted molar refractivity (Wildman–Crippen MR) is 122 cm³/mol. The first-order valence-corrected chi connectivity index (χ1v) is 10.5. The minimum absolute atomic E-state index is 0.00272. The molecule has 2 N–H and O–H groups in total. The molecule has 0 radical (unpaired) electrons. The van der Waals surface area contributed by atoms with E-state index < -0.39 is 24.3 Å². The molecule has 2 rings (SSSR count). The first kappa shape index (κ1) is 25.8. The molecular formula is C24H31NO8. The SMILES string of the molecule is COc1ccc(NC(=O)OCC(C)Oc2cccc(CC(OC(C)C)C(=O)O)c2)c(OC)c1. The fourth-order valence-electron chi connectivity index (χ4n) is 2.99. The van der Waals surface area contributed by atoms with E-state index in [9.17, 15) is 14.7 Å². The number of methoxy groups -OCH3 is 2. The maximum atomic E-state index is 12.2. The van der Waals surface area contributed by atoms with E-state index in [1.54, 1.807) is 57.2 Å². The van der Waals surface area contributed by atoms with E-state index in [4.69, 9.17) is 23.7 Å². The second-order valence-electron chi connectivity index (χ2n) is 7.58. The molecule has 0 saturated heterocycles. The van der Waals surface area contributed by atoms with Gasteiger partial charge in [0, 0.05) is 12.5 Å². The van der Waals surface area contributed by atoms with Crippen LogP contribution in [0.1, 0.15) is 26.3 Å². The van der Waals surface area contributed by atoms with Crippen LogP contribution in [0.15, 0.2) is 42.5 Å². The van der Waals surface area contributed by atoms with E-state index in [0.717, 1.165) is 5.56 Å². The molecule has 9 heteroatoms. The summed E-state index contributed by atoms with van der Waals surface area (Å²) < 4.78 is 26.9. The van der Waals surface area contributed by atoms with Crippen molar-refractivity contribution in [3.63, 3.8) is 0 Å². The van der Waals surface area contributed by atoms with Crippen molar-refractivity contribution in [3.8, 4) is 17.2 Å². The van der Waals surface area contributed by atoms with Gasteiger partial charge in [0.2, 0.25) is 0 Å². The van der Waals surface area contributed by atoms with Crippen LogP contribution in [0.2, 0.25) is 0 Å². The summed E-state index contributed by atoms with van der Waals surface area (Å²) in [5.41, 5.74) is 1.21. The average molecular weight is 462 g/mol. The van der Waals surface area contributed by atoms with Crippen LogP contribution in [0, 0.1) is 0 Å². The number of benzene rings is 2. The summed E-state index contributed by atoms with van der Waals surface area (Å²) >= 11 is 0. The molecule has 0 aromatic heterocycles. The van der Waals surface area contributed by atoms with Gasteiger partial charge in [-0.1, -0.05) is 12.1 Å². The molecule has 0 aliphatic rings. The molecule has 180 valence electrons. The number of carboxylic acids is 1. The second-order valence-corrected chi connectivity index (χ2v) is 7.58. The van der Waals surface area contributed by atoms with Gasteiger partial charge in [0.25, 0.3) is 0 Å². The van der Waals surface area contributed by atoms with Crippen molar-refractivity contribution in [2.45, 2.75) is 45.5 Å². The molecule has 9 nitrogen and oxygen atoms in total. The summed E-state index contributed by atoms with van der Waals surface area (Å²) in [6.07, 6.45) is -2.03. The minimum atomic E-state index is -1.02. The van der Waals surface area contributed by atoms with Gasteiger partial charge in [-0.3, -0.25) is 5.32 Å². The predicted octanol–water partition coefficient (Wildman–Crippen LogP) is 4.14. The molecule has 0 aliphatic heterocycles. The first-order valence-electron chi connectivity index (χ1n) is 10.5. The Balaban J connectivity index is 1.89. The third kappa shape index (κ3) is 8.53. The zero-order chi connectivity index (χ0) is 24.4. The zero-order valence-electron chi connectivity index (χ0n) is 19.5. The summed E-state index contributed by atoms with van der Waals surface area (Å²) in [4.78, 5) is 23.6. The van der Waals surface area contributed by atoms with Gasteiger partial charge in [-0.05, 0) is 50.6 Å². The highest BCUT2D eigenvalue weighted by Crippen LogP contribution is 2.29. The molecule has 2 atom stereocenters. The molecule has 0 saturated carbocycles. The molecular weight excluding hydrogens is 430 g/mol. The number of carbonyl (C=O) groups excluding carboxylic acids is 1. The lowest BCUT2D eigenvalue weighted by Crippen LogP contribution is -2.29. The van der Waals surface area contributed by atoms with Crippen LogP contribution in [0.5, 0.6) is 17.2 Å². The molecule has 2 aromatic carbocycles. The summed E-state index contributed by atoms with van der Waals surface area (Å²) in [6.45, 7) is 5.34. The maximum Gasteiger partial charge on any atom is 0.411 e. The van der Waals surface area contributed by atoms with Crippen LogP contribution in [0.3, 0.4) is 0 Å². The van der Waals surface area contributed by atoms with Crippen LogP contribution in [0.4, 0.5) is 10.5 Å². The monoisotopic (exact) mass is 461 g/mol. The quantitative estimate of drug-likeness (QED) is 0.485. The van der Waals surface area contributed by atoms with E-state index in [1.807, 2.05) is 6.07 Å². The molecule has 2 unspecified atom stereocenters. The Labute approximate surface area is 193 Å². The molecule has 0 aliphatic carbocycles. The van der Waals surface area contributed by atoms with E-state index in [1.165, 1.54) is 14.2 Å². The van der Waals surface area contributed by atoms with Crippen molar-refractivity contribution in [1.82, 2.24) is 0 Å². The summed E-state index contributed by atoms with van der Waals surface area (Å²) in [7, 11) is 3.03. The smallest absolute Gasteiger partial charge is 0.411 e. The number of anilines is 1. The fraction of sp³-hybridized carbons (Fsp3) is 0.417.